The number of benzene rings is 2. The first kappa shape index (κ1) is 25.0. The molecule has 0 aromatic heterocycles. The quantitative estimate of drug-likeness (QED) is 0.666. The molecule has 2 aromatic rings. The number of carbonyl (C=O) groups is 2. The Bertz CT molecular complexity index is 966. The molecule has 2 aliphatic rings. The molecule has 2 aromatic carbocycles. The van der Waals surface area contributed by atoms with E-state index in [-0.39, 0.29) is 30.1 Å². The SMILES string of the molecule is CN(C)C(=O)N1CCN2[C@@H](CN(C(=O)OC(C)(C)C)C[C@H]2C(c2ccccc2)c2ccccc2)C1. The molecular weight excluding hydrogens is 440 g/mol. The summed E-state index contributed by atoms with van der Waals surface area (Å²) in [5.41, 5.74) is 1.88. The van der Waals surface area contributed by atoms with Gasteiger partial charge in [-0.05, 0) is 31.9 Å². The van der Waals surface area contributed by atoms with Gasteiger partial charge < -0.3 is 19.4 Å². The minimum atomic E-state index is -0.568. The summed E-state index contributed by atoms with van der Waals surface area (Å²) in [4.78, 5) is 33.9. The first-order valence-electron chi connectivity index (χ1n) is 12.4. The highest BCUT2D eigenvalue weighted by Gasteiger charge is 2.45. The van der Waals surface area contributed by atoms with E-state index in [1.165, 1.54) is 11.1 Å². The highest BCUT2D eigenvalue weighted by atomic mass is 16.6. The van der Waals surface area contributed by atoms with Crippen molar-refractivity contribution in [2.75, 3.05) is 46.8 Å². The number of hydrogen-bond donors (Lipinski definition) is 0. The monoisotopic (exact) mass is 478 g/mol. The minimum absolute atomic E-state index is 0.0123. The van der Waals surface area contributed by atoms with Crippen LogP contribution in [0.15, 0.2) is 60.7 Å². The molecule has 0 aliphatic carbocycles. The number of ether oxygens (including phenoxy) is 1. The van der Waals surface area contributed by atoms with Crippen molar-refractivity contribution < 1.29 is 14.3 Å². The van der Waals surface area contributed by atoms with E-state index >= 15 is 0 Å². The van der Waals surface area contributed by atoms with Crippen LogP contribution in [0, 0.1) is 0 Å². The first-order chi connectivity index (χ1) is 16.6. The van der Waals surface area contributed by atoms with E-state index in [4.69, 9.17) is 4.74 Å². The zero-order valence-corrected chi connectivity index (χ0v) is 21.6. The predicted molar refractivity (Wildman–Crippen MR) is 137 cm³/mol. The van der Waals surface area contributed by atoms with Gasteiger partial charge in [0, 0.05) is 64.8 Å². The Labute approximate surface area is 209 Å². The summed E-state index contributed by atoms with van der Waals surface area (Å²) in [5, 5.41) is 0. The molecule has 2 saturated heterocycles. The number of rotatable bonds is 3. The van der Waals surface area contributed by atoms with Crippen molar-refractivity contribution >= 4 is 12.1 Å². The van der Waals surface area contributed by atoms with Crippen molar-refractivity contribution in [2.45, 2.75) is 44.4 Å². The Balaban J connectivity index is 1.71. The summed E-state index contributed by atoms with van der Waals surface area (Å²) in [6, 6.07) is 21.2. The molecule has 2 heterocycles. The molecule has 0 saturated carbocycles. The molecule has 0 radical (unpaired) electrons. The van der Waals surface area contributed by atoms with Gasteiger partial charge in [0.15, 0.2) is 0 Å². The maximum Gasteiger partial charge on any atom is 0.410 e. The summed E-state index contributed by atoms with van der Waals surface area (Å²) >= 11 is 0. The van der Waals surface area contributed by atoms with Gasteiger partial charge in [-0.2, -0.15) is 0 Å². The molecular formula is C28H38N4O3. The minimum Gasteiger partial charge on any atom is -0.444 e. The van der Waals surface area contributed by atoms with Crippen LogP contribution in [0.3, 0.4) is 0 Å². The van der Waals surface area contributed by atoms with Crippen LogP contribution in [0.5, 0.6) is 0 Å². The molecule has 0 unspecified atom stereocenters. The highest BCUT2D eigenvalue weighted by molar-refractivity contribution is 5.74. The number of piperazine rings is 2. The third-order valence-corrected chi connectivity index (χ3v) is 6.80. The van der Waals surface area contributed by atoms with Crippen LogP contribution in [0.1, 0.15) is 37.8 Å². The summed E-state index contributed by atoms with van der Waals surface area (Å²) in [6.45, 7) is 8.83. The zero-order valence-electron chi connectivity index (χ0n) is 21.6. The zero-order chi connectivity index (χ0) is 25.2. The molecule has 4 rings (SSSR count). The number of carbonyl (C=O) groups excluding carboxylic acids is 2. The molecule has 0 bridgehead atoms. The molecule has 2 atom stereocenters. The maximum atomic E-state index is 13.2. The van der Waals surface area contributed by atoms with E-state index in [9.17, 15) is 9.59 Å². The molecule has 0 spiro atoms. The van der Waals surface area contributed by atoms with Crippen LogP contribution in [-0.4, -0.2) is 96.2 Å². The third kappa shape index (κ3) is 5.78. The van der Waals surface area contributed by atoms with E-state index in [2.05, 4.69) is 53.4 Å². The average molecular weight is 479 g/mol. The average Bonchev–Trinajstić information content (AvgIpc) is 2.83. The van der Waals surface area contributed by atoms with Crippen LogP contribution in [0.2, 0.25) is 0 Å². The third-order valence-electron chi connectivity index (χ3n) is 6.80. The second-order valence-corrected chi connectivity index (χ2v) is 10.8. The van der Waals surface area contributed by atoms with Gasteiger partial charge in [-0.3, -0.25) is 4.90 Å². The standard InChI is InChI=1S/C28H38N4O3/c1-28(2,3)35-27(34)31-19-23-18-30(26(33)29(4)5)16-17-32(23)24(20-31)25(21-12-8-6-9-13-21)22-14-10-7-11-15-22/h6-15,23-25H,16-20H2,1-5H3/t23-,24+/m1/s1. The topological polar surface area (TPSA) is 56.3 Å². The van der Waals surface area contributed by atoms with Crippen molar-refractivity contribution in [3.8, 4) is 0 Å². The molecule has 2 aliphatic heterocycles. The van der Waals surface area contributed by atoms with E-state index in [0.717, 1.165) is 6.54 Å². The lowest BCUT2D eigenvalue weighted by Gasteiger charge is -2.53. The molecule has 7 heteroatoms. The van der Waals surface area contributed by atoms with Gasteiger partial charge in [-0.1, -0.05) is 60.7 Å². The normalized spacial score (nSPS) is 21.0. The van der Waals surface area contributed by atoms with Crippen molar-refractivity contribution in [1.82, 2.24) is 19.6 Å². The van der Waals surface area contributed by atoms with Crippen LogP contribution in [0.25, 0.3) is 0 Å². The number of fused-ring (bicyclic) bond motifs is 1. The predicted octanol–water partition coefficient (Wildman–Crippen LogP) is 4.11. The van der Waals surface area contributed by atoms with Gasteiger partial charge in [0.1, 0.15) is 5.60 Å². The van der Waals surface area contributed by atoms with Crippen molar-refractivity contribution in [3.05, 3.63) is 71.8 Å². The molecule has 3 amide bonds. The number of nitrogens with zero attached hydrogens (tertiary/aromatic N) is 4. The van der Waals surface area contributed by atoms with E-state index in [1.807, 2.05) is 42.7 Å². The number of hydrogen-bond acceptors (Lipinski definition) is 4. The van der Waals surface area contributed by atoms with Gasteiger partial charge in [0.25, 0.3) is 0 Å². The fourth-order valence-corrected chi connectivity index (χ4v) is 5.31. The molecule has 0 N–H and O–H groups in total. The van der Waals surface area contributed by atoms with E-state index in [1.54, 1.807) is 19.0 Å². The number of amides is 3. The fourth-order valence-electron chi connectivity index (χ4n) is 5.31. The van der Waals surface area contributed by atoms with Gasteiger partial charge >= 0.3 is 12.1 Å². The smallest absolute Gasteiger partial charge is 0.410 e. The maximum absolute atomic E-state index is 13.2. The highest BCUT2D eigenvalue weighted by Crippen LogP contribution is 2.36. The second-order valence-electron chi connectivity index (χ2n) is 10.8. The first-order valence-corrected chi connectivity index (χ1v) is 12.4. The Kier molecular flexibility index (Phi) is 7.36. The van der Waals surface area contributed by atoms with Crippen molar-refractivity contribution in [3.63, 3.8) is 0 Å². The lowest BCUT2D eigenvalue weighted by Crippen LogP contribution is -2.68. The Morgan fingerprint density at radius 1 is 0.857 bits per heavy atom. The number of urea groups is 1. The van der Waals surface area contributed by atoms with E-state index < -0.39 is 5.60 Å². The van der Waals surface area contributed by atoms with E-state index in [0.29, 0.717) is 26.2 Å². The van der Waals surface area contributed by atoms with Crippen molar-refractivity contribution in [2.24, 2.45) is 0 Å². The van der Waals surface area contributed by atoms with Crippen LogP contribution >= 0.6 is 0 Å². The molecule has 35 heavy (non-hydrogen) atoms. The van der Waals surface area contributed by atoms with Crippen molar-refractivity contribution in [1.29, 1.82) is 0 Å². The Morgan fingerprint density at radius 3 is 1.91 bits per heavy atom. The molecule has 188 valence electrons. The van der Waals surface area contributed by atoms with Crippen LogP contribution in [-0.2, 0) is 4.74 Å². The van der Waals surface area contributed by atoms with Gasteiger partial charge in [0.05, 0.1) is 0 Å². The van der Waals surface area contributed by atoms with Crippen LogP contribution in [0.4, 0.5) is 9.59 Å². The largest absolute Gasteiger partial charge is 0.444 e. The molecule has 7 nitrogen and oxygen atoms in total. The summed E-state index contributed by atoms with van der Waals surface area (Å²) in [6.07, 6.45) is -0.293. The molecule has 2 fully saturated rings. The van der Waals surface area contributed by atoms with Gasteiger partial charge in [-0.25, -0.2) is 9.59 Å². The second kappa shape index (κ2) is 10.3. The lowest BCUT2D eigenvalue weighted by molar-refractivity contribution is -0.0376. The Morgan fingerprint density at radius 2 is 1.40 bits per heavy atom. The van der Waals surface area contributed by atoms with Gasteiger partial charge in [0.2, 0.25) is 0 Å². The fraction of sp³-hybridized carbons (Fsp3) is 0.500. The summed E-state index contributed by atoms with van der Waals surface area (Å²) in [5.74, 6) is 0.0845. The Hall–Kier alpha value is -3.06. The lowest BCUT2D eigenvalue weighted by atomic mass is 9.82. The summed E-state index contributed by atoms with van der Waals surface area (Å²) < 4.78 is 5.79. The summed E-state index contributed by atoms with van der Waals surface area (Å²) in [7, 11) is 3.57. The van der Waals surface area contributed by atoms with Gasteiger partial charge in [-0.15, -0.1) is 0 Å². The van der Waals surface area contributed by atoms with Crippen LogP contribution < -0.4 is 0 Å².